The van der Waals surface area contributed by atoms with Gasteiger partial charge >= 0.3 is 6.36 Å². The lowest BCUT2D eigenvalue weighted by molar-refractivity contribution is -0.274. The van der Waals surface area contributed by atoms with Crippen LogP contribution in [0.4, 0.5) is 13.2 Å². The number of piperidine rings is 1. The second kappa shape index (κ2) is 7.10. The van der Waals surface area contributed by atoms with Gasteiger partial charge < -0.3 is 9.72 Å². The molecule has 3 nitrogen and oxygen atoms in total. The standard InChI is InChI=1S/C23H23F3N2O/c24-23(25,26)29-18-6-3-4-15(10-18)8-9-19-20-13-28(14-21(19)20)12-17-11-16-5-1-2-7-22(16)27-17/h1-7,10-11,19-21,27H,8-9,12-14H2. The molecule has 6 heteroatoms. The van der Waals surface area contributed by atoms with E-state index in [0.717, 1.165) is 49.9 Å². The second-order valence-electron chi connectivity index (χ2n) is 8.30. The van der Waals surface area contributed by atoms with E-state index >= 15 is 0 Å². The zero-order valence-electron chi connectivity index (χ0n) is 16.0. The van der Waals surface area contributed by atoms with Crippen molar-refractivity contribution in [2.24, 2.45) is 17.8 Å². The number of hydrogen-bond donors (Lipinski definition) is 1. The maximum atomic E-state index is 12.4. The fourth-order valence-corrected chi connectivity index (χ4v) is 4.99. The van der Waals surface area contributed by atoms with E-state index in [1.165, 1.54) is 28.7 Å². The van der Waals surface area contributed by atoms with Crippen LogP contribution in [0.3, 0.4) is 0 Å². The lowest BCUT2D eigenvalue weighted by Gasteiger charge is -2.18. The first kappa shape index (κ1) is 18.6. The number of likely N-dealkylation sites (tertiary alicyclic amines) is 1. The van der Waals surface area contributed by atoms with Crippen LogP contribution in [-0.2, 0) is 13.0 Å². The van der Waals surface area contributed by atoms with E-state index in [4.69, 9.17) is 0 Å². The van der Waals surface area contributed by atoms with Gasteiger partial charge in [-0.05, 0) is 65.8 Å². The van der Waals surface area contributed by atoms with Gasteiger partial charge in [0.15, 0.2) is 0 Å². The van der Waals surface area contributed by atoms with Gasteiger partial charge in [-0.15, -0.1) is 13.2 Å². The summed E-state index contributed by atoms with van der Waals surface area (Å²) in [7, 11) is 0. The van der Waals surface area contributed by atoms with Crippen LogP contribution in [0.25, 0.3) is 10.9 Å². The molecule has 0 radical (unpaired) electrons. The van der Waals surface area contributed by atoms with Gasteiger partial charge in [0.1, 0.15) is 5.75 Å². The van der Waals surface area contributed by atoms with E-state index in [9.17, 15) is 13.2 Å². The van der Waals surface area contributed by atoms with Crippen molar-refractivity contribution >= 4 is 10.9 Å². The van der Waals surface area contributed by atoms with Gasteiger partial charge in [0.05, 0.1) is 0 Å². The van der Waals surface area contributed by atoms with Crippen molar-refractivity contribution in [3.63, 3.8) is 0 Å². The summed E-state index contributed by atoms with van der Waals surface area (Å²) in [5.41, 5.74) is 3.35. The minimum absolute atomic E-state index is 0.129. The lowest BCUT2D eigenvalue weighted by Crippen LogP contribution is -2.24. The van der Waals surface area contributed by atoms with Crippen molar-refractivity contribution in [2.75, 3.05) is 13.1 Å². The van der Waals surface area contributed by atoms with Crippen molar-refractivity contribution in [3.8, 4) is 5.75 Å². The number of aromatic nitrogens is 1. The number of benzene rings is 2. The minimum Gasteiger partial charge on any atom is -0.406 e. The molecule has 29 heavy (non-hydrogen) atoms. The molecular formula is C23H23F3N2O. The topological polar surface area (TPSA) is 28.3 Å². The van der Waals surface area contributed by atoms with E-state index in [-0.39, 0.29) is 5.75 Å². The van der Waals surface area contributed by atoms with Crippen molar-refractivity contribution < 1.29 is 17.9 Å². The predicted molar refractivity (Wildman–Crippen MR) is 105 cm³/mol. The number of H-pyrrole nitrogens is 1. The largest absolute Gasteiger partial charge is 0.573 e. The van der Waals surface area contributed by atoms with Gasteiger partial charge in [0.2, 0.25) is 0 Å². The molecule has 1 saturated carbocycles. The SMILES string of the molecule is FC(F)(F)Oc1cccc(CCC2C3CN(Cc4cc5ccccc5[nH]4)CC23)c1. The molecule has 1 saturated heterocycles. The average molecular weight is 400 g/mol. The first-order valence-corrected chi connectivity index (χ1v) is 10.1. The fraction of sp³-hybridized carbons (Fsp3) is 0.391. The van der Waals surface area contributed by atoms with E-state index in [2.05, 4.69) is 38.9 Å². The maximum Gasteiger partial charge on any atom is 0.573 e. The van der Waals surface area contributed by atoms with Crippen LogP contribution in [-0.4, -0.2) is 29.3 Å². The van der Waals surface area contributed by atoms with Crippen molar-refractivity contribution in [2.45, 2.75) is 25.7 Å². The molecule has 5 rings (SSSR count). The van der Waals surface area contributed by atoms with Gasteiger partial charge in [0.25, 0.3) is 0 Å². The molecule has 2 aromatic carbocycles. The van der Waals surface area contributed by atoms with Crippen LogP contribution in [0, 0.1) is 17.8 Å². The van der Waals surface area contributed by atoms with Crippen LogP contribution in [0.2, 0.25) is 0 Å². The summed E-state index contributed by atoms with van der Waals surface area (Å²) in [6.07, 6.45) is -2.81. The van der Waals surface area contributed by atoms with Crippen molar-refractivity contribution in [3.05, 3.63) is 65.9 Å². The number of hydrogen-bond acceptors (Lipinski definition) is 2. The summed E-state index contributed by atoms with van der Waals surface area (Å²) in [4.78, 5) is 6.01. The molecule has 1 N–H and O–H groups in total. The number of fused-ring (bicyclic) bond motifs is 2. The van der Waals surface area contributed by atoms with Crippen LogP contribution in [0.5, 0.6) is 5.75 Å². The average Bonchev–Trinajstić information content (AvgIpc) is 3.00. The highest BCUT2D eigenvalue weighted by atomic mass is 19.4. The molecule has 3 aromatic rings. The van der Waals surface area contributed by atoms with E-state index in [1.54, 1.807) is 6.07 Å². The molecule has 2 atom stereocenters. The van der Waals surface area contributed by atoms with Gasteiger partial charge in [-0.1, -0.05) is 30.3 Å². The Balaban J connectivity index is 1.11. The number of aryl methyl sites for hydroxylation is 1. The molecule has 2 aliphatic rings. The van der Waals surface area contributed by atoms with Gasteiger partial charge in [0, 0.05) is 30.8 Å². The summed E-state index contributed by atoms with van der Waals surface area (Å²) in [5.74, 6) is 2.03. The third kappa shape index (κ3) is 4.13. The molecule has 1 aliphatic carbocycles. The Morgan fingerprint density at radius 3 is 2.55 bits per heavy atom. The Morgan fingerprint density at radius 2 is 1.79 bits per heavy atom. The molecule has 2 unspecified atom stereocenters. The second-order valence-corrected chi connectivity index (χ2v) is 8.30. The van der Waals surface area contributed by atoms with Crippen LogP contribution < -0.4 is 4.74 Å². The first-order chi connectivity index (χ1) is 13.9. The summed E-state index contributed by atoms with van der Waals surface area (Å²) < 4.78 is 41.2. The Labute approximate surface area is 167 Å². The van der Waals surface area contributed by atoms with E-state index in [1.807, 2.05) is 12.1 Å². The molecule has 2 fully saturated rings. The number of rotatable bonds is 6. The quantitative estimate of drug-likeness (QED) is 0.602. The molecule has 0 amide bonds. The molecular weight excluding hydrogens is 377 g/mol. The molecule has 0 spiro atoms. The molecule has 2 heterocycles. The molecule has 1 aromatic heterocycles. The minimum atomic E-state index is -4.64. The molecule has 1 aliphatic heterocycles. The summed E-state index contributed by atoms with van der Waals surface area (Å²) >= 11 is 0. The van der Waals surface area contributed by atoms with Crippen molar-refractivity contribution in [1.29, 1.82) is 0 Å². The lowest BCUT2D eigenvalue weighted by atomic mass is 10.0. The summed E-state index contributed by atoms with van der Waals surface area (Å²) in [6.45, 7) is 3.18. The fourth-order valence-electron chi connectivity index (χ4n) is 4.99. The van der Waals surface area contributed by atoms with Crippen LogP contribution >= 0.6 is 0 Å². The first-order valence-electron chi connectivity index (χ1n) is 10.1. The number of ether oxygens (including phenoxy) is 1. The molecule has 0 bridgehead atoms. The van der Waals surface area contributed by atoms with E-state index < -0.39 is 6.36 Å². The zero-order chi connectivity index (χ0) is 20.0. The summed E-state index contributed by atoms with van der Waals surface area (Å²) in [6, 6.07) is 16.9. The number of nitrogens with one attached hydrogen (secondary N) is 1. The molecule has 152 valence electrons. The number of halogens is 3. The zero-order valence-corrected chi connectivity index (χ0v) is 16.0. The van der Waals surface area contributed by atoms with Crippen LogP contribution in [0.1, 0.15) is 17.7 Å². The number of nitrogens with zero attached hydrogens (tertiary/aromatic N) is 1. The highest BCUT2D eigenvalue weighted by Gasteiger charge is 2.54. The Morgan fingerprint density at radius 1 is 1.00 bits per heavy atom. The summed E-state index contributed by atoms with van der Waals surface area (Å²) in [5, 5.41) is 1.25. The smallest absolute Gasteiger partial charge is 0.406 e. The Bertz CT molecular complexity index is 968. The van der Waals surface area contributed by atoms with Crippen LogP contribution in [0.15, 0.2) is 54.6 Å². The number of para-hydroxylation sites is 1. The van der Waals surface area contributed by atoms with E-state index in [0.29, 0.717) is 5.92 Å². The van der Waals surface area contributed by atoms with Crippen molar-refractivity contribution in [1.82, 2.24) is 9.88 Å². The third-order valence-corrected chi connectivity index (χ3v) is 6.33. The highest BCUT2D eigenvalue weighted by Crippen LogP contribution is 2.54. The van der Waals surface area contributed by atoms with Gasteiger partial charge in [-0.25, -0.2) is 0 Å². The monoisotopic (exact) mass is 400 g/mol. The Kier molecular flexibility index (Phi) is 4.54. The third-order valence-electron chi connectivity index (χ3n) is 6.33. The van der Waals surface area contributed by atoms with Gasteiger partial charge in [-0.2, -0.15) is 0 Å². The normalized spacial score (nSPS) is 24.0. The highest BCUT2D eigenvalue weighted by molar-refractivity contribution is 5.80. The Hall–Kier alpha value is -2.47. The number of alkyl halides is 3. The number of aromatic amines is 1. The predicted octanol–water partition coefficient (Wildman–Crippen LogP) is 5.38. The van der Waals surface area contributed by atoms with Gasteiger partial charge in [-0.3, -0.25) is 4.90 Å². The maximum absolute atomic E-state index is 12.4.